The first-order chi connectivity index (χ1) is 12.2. The lowest BCUT2D eigenvalue weighted by Crippen LogP contribution is -2.39. The zero-order valence-electron chi connectivity index (χ0n) is 15.5. The van der Waals surface area contributed by atoms with Crippen molar-refractivity contribution in [3.63, 3.8) is 0 Å². The van der Waals surface area contributed by atoms with Gasteiger partial charge in [0, 0.05) is 46.0 Å². The zero-order valence-corrected chi connectivity index (χ0v) is 15.5. The first kappa shape index (κ1) is 19.3. The summed E-state index contributed by atoms with van der Waals surface area (Å²) in [6.07, 6.45) is 5.29. The van der Waals surface area contributed by atoms with Crippen LogP contribution in [0, 0.1) is 5.92 Å². The first-order valence-electron chi connectivity index (χ1n) is 9.05. The van der Waals surface area contributed by atoms with Crippen molar-refractivity contribution in [2.45, 2.75) is 25.8 Å². The quantitative estimate of drug-likeness (QED) is 0.447. The summed E-state index contributed by atoms with van der Waals surface area (Å²) in [5, 5.41) is 3.44. The SMILES string of the molecule is C=CCOc1ccccc1CNC(=NC)N(C)CCC1CCOCC1. The molecule has 2 rings (SSSR count). The van der Waals surface area contributed by atoms with Crippen LogP contribution in [0.4, 0.5) is 0 Å². The van der Waals surface area contributed by atoms with Gasteiger partial charge in [0.05, 0.1) is 0 Å². The second kappa shape index (κ2) is 10.8. The van der Waals surface area contributed by atoms with E-state index in [1.165, 1.54) is 19.3 Å². The summed E-state index contributed by atoms with van der Waals surface area (Å²) in [7, 11) is 3.92. The van der Waals surface area contributed by atoms with E-state index in [1.807, 2.05) is 25.2 Å². The molecular formula is C20H31N3O2. The second-order valence-electron chi connectivity index (χ2n) is 6.37. The van der Waals surface area contributed by atoms with Crippen LogP contribution in [0.15, 0.2) is 41.9 Å². The Morgan fingerprint density at radius 1 is 1.40 bits per heavy atom. The van der Waals surface area contributed by atoms with E-state index in [2.05, 4.69) is 34.9 Å². The average molecular weight is 345 g/mol. The van der Waals surface area contributed by atoms with Crippen molar-refractivity contribution in [2.75, 3.05) is 40.5 Å². The van der Waals surface area contributed by atoms with E-state index in [9.17, 15) is 0 Å². The normalized spacial score (nSPS) is 15.7. The first-order valence-corrected chi connectivity index (χ1v) is 9.05. The van der Waals surface area contributed by atoms with E-state index in [-0.39, 0.29) is 0 Å². The maximum absolute atomic E-state index is 5.72. The molecule has 0 unspecified atom stereocenters. The number of rotatable bonds is 8. The van der Waals surface area contributed by atoms with Gasteiger partial charge in [-0.15, -0.1) is 0 Å². The number of ether oxygens (including phenoxy) is 2. The molecule has 1 fully saturated rings. The highest BCUT2D eigenvalue weighted by Crippen LogP contribution is 2.19. The Kier molecular flexibility index (Phi) is 8.32. The van der Waals surface area contributed by atoms with Crippen molar-refractivity contribution >= 4 is 5.96 Å². The Morgan fingerprint density at radius 3 is 2.88 bits per heavy atom. The predicted octanol–water partition coefficient (Wildman–Crippen LogP) is 3.08. The molecule has 25 heavy (non-hydrogen) atoms. The third kappa shape index (κ3) is 6.42. The number of nitrogens with zero attached hydrogens (tertiary/aromatic N) is 2. The molecule has 1 aromatic rings. The summed E-state index contributed by atoms with van der Waals surface area (Å²) >= 11 is 0. The fourth-order valence-corrected chi connectivity index (χ4v) is 3.02. The van der Waals surface area contributed by atoms with Crippen molar-refractivity contribution in [2.24, 2.45) is 10.9 Å². The van der Waals surface area contributed by atoms with E-state index in [4.69, 9.17) is 9.47 Å². The van der Waals surface area contributed by atoms with Gasteiger partial charge in [0.15, 0.2) is 5.96 Å². The van der Waals surface area contributed by atoms with Gasteiger partial charge in [0.25, 0.3) is 0 Å². The van der Waals surface area contributed by atoms with E-state index >= 15 is 0 Å². The Morgan fingerprint density at radius 2 is 2.16 bits per heavy atom. The largest absolute Gasteiger partial charge is 0.489 e. The maximum Gasteiger partial charge on any atom is 0.193 e. The third-order valence-electron chi connectivity index (χ3n) is 4.55. The third-order valence-corrected chi connectivity index (χ3v) is 4.55. The highest BCUT2D eigenvalue weighted by atomic mass is 16.5. The fraction of sp³-hybridized carbons (Fsp3) is 0.550. The minimum Gasteiger partial charge on any atom is -0.489 e. The number of benzene rings is 1. The molecule has 1 heterocycles. The molecule has 0 radical (unpaired) electrons. The van der Waals surface area contributed by atoms with Crippen molar-refractivity contribution in [3.05, 3.63) is 42.5 Å². The van der Waals surface area contributed by atoms with Crippen LogP contribution >= 0.6 is 0 Å². The summed E-state index contributed by atoms with van der Waals surface area (Å²) in [5.74, 6) is 2.56. The van der Waals surface area contributed by atoms with E-state index < -0.39 is 0 Å². The minimum atomic E-state index is 0.511. The highest BCUT2D eigenvalue weighted by Gasteiger charge is 2.15. The fourth-order valence-electron chi connectivity index (χ4n) is 3.02. The minimum absolute atomic E-state index is 0.511. The van der Waals surface area contributed by atoms with Gasteiger partial charge < -0.3 is 19.7 Å². The molecule has 5 nitrogen and oxygen atoms in total. The molecule has 138 valence electrons. The molecule has 0 atom stereocenters. The van der Waals surface area contributed by atoms with Crippen LogP contribution in [0.25, 0.3) is 0 Å². The molecule has 1 aromatic carbocycles. The molecule has 1 saturated heterocycles. The lowest BCUT2D eigenvalue weighted by atomic mass is 9.96. The van der Waals surface area contributed by atoms with Crippen LogP contribution in [0.2, 0.25) is 0 Å². The number of hydrogen-bond acceptors (Lipinski definition) is 3. The number of para-hydroxylation sites is 1. The Balaban J connectivity index is 1.83. The molecule has 5 heteroatoms. The second-order valence-corrected chi connectivity index (χ2v) is 6.37. The van der Waals surface area contributed by atoms with Crippen LogP contribution < -0.4 is 10.1 Å². The molecule has 0 saturated carbocycles. The maximum atomic E-state index is 5.72. The Labute approximate surface area is 151 Å². The van der Waals surface area contributed by atoms with Crippen LogP contribution in [-0.2, 0) is 11.3 Å². The van der Waals surface area contributed by atoms with Crippen molar-refractivity contribution in [1.29, 1.82) is 0 Å². The molecule has 0 aliphatic carbocycles. The highest BCUT2D eigenvalue weighted by molar-refractivity contribution is 5.79. The van der Waals surface area contributed by atoms with Gasteiger partial charge in [-0.3, -0.25) is 4.99 Å². The van der Waals surface area contributed by atoms with Crippen molar-refractivity contribution < 1.29 is 9.47 Å². The van der Waals surface area contributed by atoms with E-state index in [0.29, 0.717) is 13.2 Å². The topological polar surface area (TPSA) is 46.1 Å². The monoisotopic (exact) mass is 345 g/mol. The van der Waals surface area contributed by atoms with E-state index in [1.54, 1.807) is 6.08 Å². The number of nitrogens with one attached hydrogen (secondary N) is 1. The average Bonchev–Trinajstić information content (AvgIpc) is 2.66. The summed E-state index contributed by atoms with van der Waals surface area (Å²) in [4.78, 5) is 6.61. The summed E-state index contributed by atoms with van der Waals surface area (Å²) in [6.45, 7) is 7.70. The molecule has 0 bridgehead atoms. The summed E-state index contributed by atoms with van der Waals surface area (Å²) in [5.41, 5.74) is 1.11. The van der Waals surface area contributed by atoms with Crippen LogP contribution in [0.3, 0.4) is 0 Å². The summed E-state index contributed by atoms with van der Waals surface area (Å²) < 4.78 is 11.2. The van der Waals surface area contributed by atoms with Gasteiger partial charge in [-0.1, -0.05) is 30.9 Å². The molecule has 1 aliphatic heterocycles. The van der Waals surface area contributed by atoms with Crippen LogP contribution in [0.1, 0.15) is 24.8 Å². The van der Waals surface area contributed by atoms with Crippen molar-refractivity contribution in [1.82, 2.24) is 10.2 Å². The van der Waals surface area contributed by atoms with E-state index in [0.717, 1.165) is 42.9 Å². The molecular weight excluding hydrogens is 314 g/mol. The smallest absolute Gasteiger partial charge is 0.193 e. The van der Waals surface area contributed by atoms with Crippen LogP contribution in [0.5, 0.6) is 5.75 Å². The zero-order chi connectivity index (χ0) is 17.9. The van der Waals surface area contributed by atoms with Gasteiger partial charge in [-0.05, 0) is 31.2 Å². The number of guanidine groups is 1. The van der Waals surface area contributed by atoms with Gasteiger partial charge in [0.2, 0.25) is 0 Å². The number of hydrogen-bond donors (Lipinski definition) is 1. The lowest BCUT2D eigenvalue weighted by molar-refractivity contribution is 0.0625. The van der Waals surface area contributed by atoms with Crippen LogP contribution in [-0.4, -0.2) is 51.3 Å². The van der Waals surface area contributed by atoms with Gasteiger partial charge in [0.1, 0.15) is 12.4 Å². The van der Waals surface area contributed by atoms with Gasteiger partial charge >= 0.3 is 0 Å². The lowest BCUT2D eigenvalue weighted by Gasteiger charge is -2.27. The molecule has 0 spiro atoms. The molecule has 1 aliphatic rings. The summed E-state index contributed by atoms with van der Waals surface area (Å²) in [6, 6.07) is 8.06. The molecule has 1 N–H and O–H groups in total. The molecule has 0 amide bonds. The predicted molar refractivity (Wildman–Crippen MR) is 103 cm³/mol. The number of aliphatic imine (C=N–C) groups is 1. The standard InChI is InChI=1S/C20H31N3O2/c1-4-13-25-19-8-6-5-7-18(19)16-22-20(21-2)23(3)12-9-17-10-14-24-15-11-17/h4-8,17H,1,9-16H2,2-3H3,(H,21,22). The van der Waals surface area contributed by atoms with Gasteiger partial charge in [-0.25, -0.2) is 0 Å². The van der Waals surface area contributed by atoms with Crippen molar-refractivity contribution in [3.8, 4) is 5.75 Å². The Bertz CT molecular complexity index is 554. The Hall–Kier alpha value is -2.01. The molecule has 0 aromatic heterocycles. The van der Waals surface area contributed by atoms with Gasteiger partial charge in [-0.2, -0.15) is 0 Å².